The average molecular weight is 562 g/mol. The van der Waals surface area contributed by atoms with Crippen molar-refractivity contribution >= 4 is 17.5 Å². The molecule has 40 heavy (non-hydrogen) atoms. The minimum Gasteiger partial charge on any atom is -0.369 e. The minimum atomic E-state index is -4.66. The molecule has 0 radical (unpaired) electrons. The second-order valence-corrected chi connectivity index (χ2v) is 10.9. The lowest BCUT2D eigenvalue weighted by atomic mass is 9.83. The van der Waals surface area contributed by atoms with Crippen LogP contribution in [0, 0.1) is 11.7 Å². The summed E-state index contributed by atoms with van der Waals surface area (Å²) in [5, 5.41) is 13.3. The largest absolute Gasteiger partial charge is 0.421 e. The third-order valence-corrected chi connectivity index (χ3v) is 8.18. The zero-order valence-corrected chi connectivity index (χ0v) is 22.1. The van der Waals surface area contributed by atoms with Gasteiger partial charge in [0.05, 0.1) is 11.4 Å². The van der Waals surface area contributed by atoms with Gasteiger partial charge in [0, 0.05) is 25.8 Å². The molecule has 4 heterocycles. The van der Waals surface area contributed by atoms with E-state index in [4.69, 9.17) is 0 Å². The number of piperidine rings is 2. The Kier molecular flexibility index (Phi) is 6.97. The second-order valence-electron chi connectivity index (χ2n) is 10.9. The number of nitrogens with one attached hydrogen (secondary N) is 2. The van der Waals surface area contributed by atoms with Crippen molar-refractivity contribution in [1.82, 2.24) is 34.7 Å². The zero-order chi connectivity index (χ0) is 28.0. The minimum absolute atomic E-state index is 0.0884. The van der Waals surface area contributed by atoms with Crippen molar-refractivity contribution in [1.29, 1.82) is 0 Å². The van der Waals surface area contributed by atoms with E-state index in [1.54, 1.807) is 0 Å². The van der Waals surface area contributed by atoms with Gasteiger partial charge >= 0.3 is 11.9 Å². The van der Waals surface area contributed by atoms with E-state index in [2.05, 4.69) is 35.9 Å². The highest BCUT2D eigenvalue weighted by Gasteiger charge is 2.37. The summed E-state index contributed by atoms with van der Waals surface area (Å²) in [7, 11) is 1.45. The van der Waals surface area contributed by atoms with Gasteiger partial charge in [-0.05, 0) is 91.6 Å². The van der Waals surface area contributed by atoms with Crippen molar-refractivity contribution in [3.63, 3.8) is 0 Å². The van der Waals surface area contributed by atoms with Crippen molar-refractivity contribution in [3.8, 4) is 5.69 Å². The van der Waals surface area contributed by atoms with Crippen LogP contribution in [0.5, 0.6) is 0 Å². The topological polar surface area (TPSA) is 106 Å². The smallest absolute Gasteiger partial charge is 0.369 e. The third-order valence-electron chi connectivity index (χ3n) is 8.18. The van der Waals surface area contributed by atoms with Gasteiger partial charge in [0.25, 0.3) is 0 Å². The van der Waals surface area contributed by atoms with Crippen molar-refractivity contribution in [2.75, 3.05) is 30.3 Å². The number of tetrazole rings is 1. The van der Waals surface area contributed by atoms with Gasteiger partial charge in [-0.3, -0.25) is 0 Å². The van der Waals surface area contributed by atoms with Crippen LogP contribution in [0.3, 0.4) is 0 Å². The van der Waals surface area contributed by atoms with E-state index < -0.39 is 23.2 Å². The number of hydrogen-bond donors (Lipinski definition) is 2. The van der Waals surface area contributed by atoms with Crippen molar-refractivity contribution < 1.29 is 17.6 Å². The molecule has 14 heteroatoms. The maximum absolute atomic E-state index is 15.2. The van der Waals surface area contributed by atoms with Crippen LogP contribution < -0.4 is 16.3 Å². The fraction of sp³-hybridized carbons (Fsp3) is 0.577. The van der Waals surface area contributed by atoms with Gasteiger partial charge < -0.3 is 15.5 Å². The molecule has 2 saturated heterocycles. The highest BCUT2D eigenvalue weighted by molar-refractivity contribution is 5.63. The third kappa shape index (κ3) is 5.28. The molecule has 1 saturated carbocycles. The molecule has 2 aliphatic heterocycles. The summed E-state index contributed by atoms with van der Waals surface area (Å²) < 4.78 is 58.9. The first kappa shape index (κ1) is 26.7. The Morgan fingerprint density at radius 1 is 1.05 bits per heavy atom. The van der Waals surface area contributed by atoms with Crippen molar-refractivity contribution in [2.24, 2.45) is 13.0 Å². The summed E-state index contributed by atoms with van der Waals surface area (Å²) in [5.74, 6) is -0.889. The summed E-state index contributed by atoms with van der Waals surface area (Å²) in [6, 6.07) is 3.07. The number of aryl methyl sites for hydroxylation is 1. The lowest BCUT2D eigenvalue weighted by molar-refractivity contribution is -0.137. The second kappa shape index (κ2) is 10.5. The quantitative estimate of drug-likeness (QED) is 0.414. The average Bonchev–Trinajstić information content (AvgIpc) is 3.73. The maximum atomic E-state index is 15.2. The van der Waals surface area contributed by atoms with Gasteiger partial charge in [0.2, 0.25) is 5.95 Å². The van der Waals surface area contributed by atoms with E-state index in [0.717, 1.165) is 67.4 Å². The van der Waals surface area contributed by atoms with E-state index in [1.165, 1.54) is 19.2 Å². The highest BCUT2D eigenvalue weighted by Crippen LogP contribution is 2.44. The first-order chi connectivity index (χ1) is 19.2. The first-order valence-corrected chi connectivity index (χ1v) is 13.7. The molecule has 0 bridgehead atoms. The van der Waals surface area contributed by atoms with Gasteiger partial charge in [0.1, 0.15) is 17.2 Å². The molecule has 6 rings (SSSR count). The predicted octanol–water partition coefficient (Wildman–Crippen LogP) is 4.21. The summed E-state index contributed by atoms with van der Waals surface area (Å²) in [6.45, 7) is 2.42. The predicted molar refractivity (Wildman–Crippen MR) is 139 cm³/mol. The van der Waals surface area contributed by atoms with E-state index in [0.29, 0.717) is 30.0 Å². The number of rotatable bonds is 7. The van der Waals surface area contributed by atoms with Crippen LogP contribution in [0.25, 0.3) is 5.69 Å². The number of anilines is 3. The molecule has 0 spiro atoms. The fourth-order valence-corrected chi connectivity index (χ4v) is 5.99. The summed E-state index contributed by atoms with van der Waals surface area (Å²) in [5.41, 5.74) is -0.607. The number of alkyl halides is 3. The van der Waals surface area contributed by atoms with Crippen LogP contribution in [0.15, 0.2) is 23.1 Å². The molecule has 214 valence electrons. The Morgan fingerprint density at radius 2 is 1.85 bits per heavy atom. The van der Waals surface area contributed by atoms with Crippen LogP contribution in [0.2, 0.25) is 0 Å². The lowest BCUT2D eigenvalue weighted by Gasteiger charge is -2.44. The molecule has 3 aromatic rings. The Labute approximate surface area is 227 Å². The van der Waals surface area contributed by atoms with Crippen molar-refractivity contribution in [3.05, 3.63) is 45.8 Å². The van der Waals surface area contributed by atoms with Crippen LogP contribution in [-0.2, 0) is 13.2 Å². The molecule has 3 fully saturated rings. The fourth-order valence-electron chi connectivity index (χ4n) is 5.99. The van der Waals surface area contributed by atoms with Crippen molar-refractivity contribution in [2.45, 2.75) is 63.1 Å². The van der Waals surface area contributed by atoms with Crippen LogP contribution >= 0.6 is 0 Å². The number of benzene rings is 1. The summed E-state index contributed by atoms with van der Waals surface area (Å²) >= 11 is 0. The molecule has 2 N–H and O–H groups in total. The Bertz CT molecular complexity index is 1450. The van der Waals surface area contributed by atoms with Gasteiger partial charge in [-0.2, -0.15) is 27.5 Å². The number of aromatic nitrogens is 6. The van der Waals surface area contributed by atoms with E-state index >= 15 is 4.39 Å². The summed E-state index contributed by atoms with van der Waals surface area (Å²) in [4.78, 5) is 22.9. The number of hydrogen-bond acceptors (Lipinski definition) is 8. The number of nitrogens with zero attached hydrogens (tertiary/aromatic N) is 7. The first-order valence-electron chi connectivity index (χ1n) is 13.7. The number of halogens is 4. The van der Waals surface area contributed by atoms with Gasteiger partial charge in [-0.15, -0.1) is 0 Å². The maximum Gasteiger partial charge on any atom is 0.421 e. The van der Waals surface area contributed by atoms with Gasteiger partial charge in [0.15, 0.2) is 0 Å². The van der Waals surface area contributed by atoms with E-state index in [-0.39, 0.29) is 29.3 Å². The molecule has 0 unspecified atom stereocenters. The lowest BCUT2D eigenvalue weighted by Crippen LogP contribution is -2.49. The van der Waals surface area contributed by atoms with E-state index in [9.17, 15) is 18.0 Å². The molecule has 1 aromatic carbocycles. The molecule has 2 aromatic heterocycles. The molecule has 0 amide bonds. The number of fused-ring (bicyclic) bond motifs is 1. The Morgan fingerprint density at radius 3 is 2.58 bits per heavy atom. The van der Waals surface area contributed by atoms with Crippen LogP contribution in [0.4, 0.5) is 35.0 Å². The molecule has 10 nitrogen and oxygen atoms in total. The van der Waals surface area contributed by atoms with Gasteiger partial charge in [-0.1, -0.05) is 6.42 Å². The Balaban J connectivity index is 1.29. The molecular weight excluding hydrogens is 530 g/mol. The van der Waals surface area contributed by atoms with E-state index in [1.807, 2.05) is 0 Å². The standard InChI is InChI=1S/C26H31F4N9O/c1-37-25(40)39(36-35-37)22-12-20(19(27)11-17(22)15-7-8-15)33-24-32-14-18(26(28,29)30)23(34-24)31-13-16-5-4-10-38-9-3-2-6-21(16)38/h11-12,14-16,21H,2-10,13H2,1H3,(H2,31,32,33,34)/t16-,21+/m0/s1. The molecular formula is C26H31F4N9O. The highest BCUT2D eigenvalue weighted by atomic mass is 19.4. The molecule has 2 atom stereocenters. The molecule has 1 aliphatic carbocycles. The monoisotopic (exact) mass is 561 g/mol. The van der Waals surface area contributed by atoms with Crippen LogP contribution in [-0.4, -0.2) is 60.3 Å². The molecule has 3 aliphatic rings. The Hall–Kier alpha value is -3.55. The zero-order valence-electron chi connectivity index (χ0n) is 22.1. The summed E-state index contributed by atoms with van der Waals surface area (Å²) in [6.07, 6.45) is 3.02. The SMILES string of the molecule is Cn1nnn(-c2cc(Nc3ncc(C(F)(F)F)c(NC[C@@H]4CCCN5CCCC[C@H]45)n3)c(F)cc2C2CC2)c1=O. The van der Waals surface area contributed by atoms with Gasteiger partial charge in [-0.25, -0.2) is 14.2 Å². The normalized spacial score (nSPS) is 21.7. The van der Waals surface area contributed by atoms with Crippen LogP contribution in [0.1, 0.15) is 62.0 Å².